The highest BCUT2D eigenvalue weighted by Crippen LogP contribution is 2.37. The normalized spacial score (nSPS) is 13.7. The Balaban J connectivity index is 1.17. The van der Waals surface area contributed by atoms with Gasteiger partial charge in [-0.2, -0.15) is 5.10 Å². The van der Waals surface area contributed by atoms with E-state index in [1.807, 2.05) is 0 Å². The second kappa shape index (κ2) is 14.9. The number of amides is 1. The molecule has 0 bridgehead atoms. The summed E-state index contributed by atoms with van der Waals surface area (Å²) in [5.74, 6) is -0.198. The van der Waals surface area contributed by atoms with Gasteiger partial charge in [0, 0.05) is 24.2 Å². The number of carbonyl (C=O) groups is 1. The van der Waals surface area contributed by atoms with Crippen LogP contribution in [0.1, 0.15) is 30.4 Å². The van der Waals surface area contributed by atoms with Crippen molar-refractivity contribution in [1.29, 1.82) is 0 Å². The van der Waals surface area contributed by atoms with E-state index in [2.05, 4.69) is 25.1 Å². The topological polar surface area (TPSA) is 94.5 Å². The lowest BCUT2D eigenvalue weighted by atomic mass is 10.1. The number of aromatic nitrogens is 1. The number of hydrogen-bond acceptors (Lipinski definition) is 8. The van der Waals surface area contributed by atoms with Crippen molar-refractivity contribution in [2.24, 2.45) is 5.10 Å². The van der Waals surface area contributed by atoms with Gasteiger partial charge in [0.25, 0.3) is 0 Å². The first-order valence-corrected chi connectivity index (χ1v) is 14.6. The predicted octanol–water partition coefficient (Wildman–Crippen LogP) is 6.63. The van der Waals surface area contributed by atoms with Crippen LogP contribution in [0.3, 0.4) is 0 Å². The molecule has 0 spiro atoms. The number of alkyl halides is 3. The van der Waals surface area contributed by atoms with E-state index in [4.69, 9.17) is 14.2 Å². The van der Waals surface area contributed by atoms with Crippen LogP contribution in [0.2, 0.25) is 0 Å². The highest BCUT2D eigenvalue weighted by molar-refractivity contribution is 5.88. The molecule has 0 atom stereocenters. The molecule has 1 aliphatic rings. The molecule has 5 rings (SSSR count). The third kappa shape index (κ3) is 9.07. The molecule has 0 radical (unpaired) electrons. The largest absolute Gasteiger partial charge is 0.573 e. The molecule has 9 nitrogen and oxygen atoms in total. The van der Waals surface area contributed by atoms with E-state index in [0.717, 1.165) is 38.2 Å². The minimum Gasteiger partial charge on any atom is -0.493 e. The lowest BCUT2D eigenvalue weighted by Gasteiger charge is -2.16. The first-order chi connectivity index (χ1) is 22.2. The maximum absolute atomic E-state index is 15.1. The molecule has 3 aromatic carbocycles. The Bertz CT molecular complexity index is 1680. The van der Waals surface area contributed by atoms with Gasteiger partial charge in [0.15, 0.2) is 23.1 Å². The second-order valence-corrected chi connectivity index (χ2v) is 10.5. The van der Waals surface area contributed by atoms with Crippen LogP contribution < -0.4 is 24.4 Å². The van der Waals surface area contributed by atoms with E-state index in [0.29, 0.717) is 45.9 Å². The Kier molecular flexibility index (Phi) is 10.5. The van der Waals surface area contributed by atoms with Crippen LogP contribution >= 0.6 is 0 Å². The predicted molar refractivity (Wildman–Crippen MR) is 163 cm³/mol. The number of hydrazone groups is 1. The fraction of sp³-hybridized carbons (Fsp3) is 0.303. The van der Waals surface area contributed by atoms with Crippen molar-refractivity contribution < 1.29 is 41.3 Å². The summed E-state index contributed by atoms with van der Waals surface area (Å²) in [7, 11) is 1.54. The number of carbonyl (C=O) groups excluding carboxylic acids is 1. The SMILES string of the molecule is COc1cc2c(Oc3ccc(CC(=O)N/N=C/c4ccc(OC(F)(F)F)cc4)cc3F)ccnc2cc1OCCCN1CCCC1. The first-order valence-electron chi connectivity index (χ1n) is 14.6. The van der Waals surface area contributed by atoms with Crippen LogP contribution in [0.4, 0.5) is 17.6 Å². The van der Waals surface area contributed by atoms with Crippen molar-refractivity contribution >= 4 is 23.0 Å². The van der Waals surface area contributed by atoms with E-state index in [1.165, 1.54) is 43.3 Å². The molecular weight excluding hydrogens is 608 g/mol. The van der Waals surface area contributed by atoms with E-state index in [-0.39, 0.29) is 17.9 Å². The lowest BCUT2D eigenvalue weighted by molar-refractivity contribution is -0.274. The Morgan fingerprint density at radius 1 is 1.00 bits per heavy atom. The molecule has 1 aliphatic heterocycles. The van der Waals surface area contributed by atoms with E-state index >= 15 is 4.39 Å². The van der Waals surface area contributed by atoms with Crippen LogP contribution in [0, 0.1) is 5.82 Å². The highest BCUT2D eigenvalue weighted by Gasteiger charge is 2.31. The van der Waals surface area contributed by atoms with Crippen molar-refractivity contribution in [2.45, 2.75) is 32.0 Å². The van der Waals surface area contributed by atoms with Crippen molar-refractivity contribution in [2.75, 3.05) is 33.4 Å². The molecule has 1 aromatic heterocycles. The number of methoxy groups -OCH3 is 1. The Morgan fingerprint density at radius 3 is 2.50 bits per heavy atom. The van der Waals surface area contributed by atoms with Crippen molar-refractivity contribution in [1.82, 2.24) is 15.3 Å². The van der Waals surface area contributed by atoms with Crippen LogP contribution in [0.15, 0.2) is 72.0 Å². The van der Waals surface area contributed by atoms with Crippen LogP contribution in [-0.2, 0) is 11.2 Å². The molecular formula is C33H32F4N4O5. The third-order valence-corrected chi connectivity index (χ3v) is 7.16. The first kappa shape index (κ1) is 32.5. The number of halogens is 4. The number of likely N-dealkylation sites (tertiary alicyclic amines) is 1. The fourth-order valence-corrected chi connectivity index (χ4v) is 4.98. The Hall–Kier alpha value is -4.91. The van der Waals surface area contributed by atoms with Gasteiger partial charge in [-0.15, -0.1) is 13.2 Å². The van der Waals surface area contributed by atoms with Gasteiger partial charge in [0.1, 0.15) is 11.5 Å². The molecule has 4 aromatic rings. The zero-order valence-electron chi connectivity index (χ0n) is 25.0. The van der Waals surface area contributed by atoms with Gasteiger partial charge in [0.05, 0.1) is 31.9 Å². The number of hydrogen-bond donors (Lipinski definition) is 1. The van der Waals surface area contributed by atoms with Crippen LogP contribution in [-0.4, -0.2) is 61.7 Å². The number of pyridine rings is 1. The zero-order valence-corrected chi connectivity index (χ0v) is 25.0. The molecule has 0 unspecified atom stereocenters. The number of ether oxygens (including phenoxy) is 4. The maximum atomic E-state index is 15.1. The fourth-order valence-electron chi connectivity index (χ4n) is 4.98. The second-order valence-electron chi connectivity index (χ2n) is 10.5. The van der Waals surface area contributed by atoms with Crippen LogP contribution in [0.5, 0.6) is 28.7 Å². The van der Waals surface area contributed by atoms with Crippen molar-refractivity contribution in [3.05, 3.63) is 83.8 Å². The molecule has 0 aliphatic carbocycles. The summed E-state index contributed by atoms with van der Waals surface area (Å²) in [5, 5.41) is 4.39. The average Bonchev–Trinajstić information content (AvgIpc) is 3.54. The summed E-state index contributed by atoms with van der Waals surface area (Å²) < 4.78 is 73.2. The van der Waals surface area contributed by atoms with E-state index in [1.54, 1.807) is 37.6 Å². The standard InChI is InChI=1S/C33H32F4N4O5/c1-43-30-19-25-27(20-31(30)44-16-4-15-41-13-2-3-14-41)38-12-11-28(25)45-29-10-7-23(17-26(29)34)18-32(42)40-39-21-22-5-8-24(9-6-22)46-33(35,36)37/h5-12,17,19-21H,2-4,13-16,18H2,1H3,(H,40,42)/b39-21+. The number of rotatable bonds is 13. The molecule has 1 saturated heterocycles. The minimum absolute atomic E-state index is 0.0474. The van der Waals surface area contributed by atoms with Gasteiger partial charge in [-0.05, 0) is 92.0 Å². The molecule has 13 heteroatoms. The molecule has 46 heavy (non-hydrogen) atoms. The van der Waals surface area contributed by atoms with Crippen molar-refractivity contribution in [3.63, 3.8) is 0 Å². The smallest absolute Gasteiger partial charge is 0.493 e. The molecule has 1 fully saturated rings. The summed E-state index contributed by atoms with van der Waals surface area (Å²) >= 11 is 0. The van der Waals surface area contributed by atoms with Gasteiger partial charge in [-0.3, -0.25) is 9.78 Å². The quantitative estimate of drug-likeness (QED) is 0.0759. The Morgan fingerprint density at radius 2 is 1.78 bits per heavy atom. The van der Waals surface area contributed by atoms with Crippen molar-refractivity contribution in [3.8, 4) is 28.7 Å². The molecule has 1 amide bonds. The number of benzene rings is 3. The average molecular weight is 641 g/mol. The summed E-state index contributed by atoms with van der Waals surface area (Å²) in [6.07, 6.45) is 1.23. The molecule has 0 saturated carbocycles. The third-order valence-electron chi connectivity index (χ3n) is 7.16. The zero-order chi connectivity index (χ0) is 32.5. The highest BCUT2D eigenvalue weighted by atomic mass is 19.4. The maximum Gasteiger partial charge on any atom is 0.573 e. The summed E-state index contributed by atoms with van der Waals surface area (Å²) in [6.45, 7) is 3.79. The van der Waals surface area contributed by atoms with Crippen LogP contribution in [0.25, 0.3) is 10.9 Å². The Labute approximate surface area is 262 Å². The molecule has 1 N–H and O–H groups in total. The van der Waals surface area contributed by atoms with Gasteiger partial charge in [-0.1, -0.05) is 6.07 Å². The minimum atomic E-state index is -4.79. The number of nitrogens with zero attached hydrogens (tertiary/aromatic N) is 3. The summed E-state index contributed by atoms with van der Waals surface area (Å²) in [6, 6.07) is 14.2. The molecule has 242 valence electrons. The van der Waals surface area contributed by atoms with E-state index < -0.39 is 18.1 Å². The van der Waals surface area contributed by atoms with Gasteiger partial charge in [0.2, 0.25) is 5.91 Å². The summed E-state index contributed by atoms with van der Waals surface area (Å²) in [4.78, 5) is 19.2. The number of nitrogens with one attached hydrogen (secondary N) is 1. The monoisotopic (exact) mass is 640 g/mol. The van der Waals surface area contributed by atoms with E-state index in [9.17, 15) is 18.0 Å². The van der Waals surface area contributed by atoms with Gasteiger partial charge in [-0.25, -0.2) is 9.82 Å². The van der Waals surface area contributed by atoms with Gasteiger partial charge >= 0.3 is 6.36 Å². The summed E-state index contributed by atoms with van der Waals surface area (Å²) in [5.41, 5.74) is 3.70. The molecule has 2 heterocycles. The van der Waals surface area contributed by atoms with Gasteiger partial charge < -0.3 is 23.8 Å². The number of fused-ring (bicyclic) bond motifs is 1. The lowest BCUT2D eigenvalue weighted by Crippen LogP contribution is -2.21.